The Morgan fingerprint density at radius 1 is 0.561 bits per heavy atom. The number of carbonyl (C=O) groups is 2. The molecule has 0 aromatic heterocycles. The number of ether oxygens (including phenoxy) is 5. The molecule has 344 valence electrons. The highest BCUT2D eigenvalue weighted by atomic mass is 35.5. The first-order chi connectivity index (χ1) is 31.9. The Bertz CT molecular complexity index is 2660. The molecule has 0 saturated heterocycles. The molecule has 2 aliphatic rings. The van der Waals surface area contributed by atoms with Gasteiger partial charge in [0.05, 0.1) is 58.5 Å². The number of fused-ring (bicyclic) bond motifs is 2. The van der Waals surface area contributed by atoms with Gasteiger partial charge in [-0.05, 0) is 158 Å². The number of anilines is 3. The number of halogens is 3. The molecular formula is C53H54ClF2N3O7. The average Bonchev–Trinajstić information content (AvgIpc) is 3.31. The van der Waals surface area contributed by atoms with Gasteiger partial charge in [-0.25, -0.2) is 8.78 Å². The standard InChI is InChI=1S/C27H29ClN2O3.C26H25F2NO4/c1-5-32-24-15-19-16-26(31)30(22-13-11-21(12-14-22)29(3)4)27(18-7-9-20(28)10-8-18)23(19)17-25(24)33-6-2;1-4-32-23-13-17-14-25(30)29(18-7-9-19(31-3)10-8-18)26(20(17)15-24(23)33-5-2)16-6-11-21(27)22(28)12-16/h7-15,17,27H,5-6,16H2,1-4H3;6-13,15,26H,4-5,14H2,1-3H3. The topological polar surface area (TPSA) is 90.0 Å². The summed E-state index contributed by atoms with van der Waals surface area (Å²) in [4.78, 5) is 32.4. The van der Waals surface area contributed by atoms with Gasteiger partial charge in [0.25, 0.3) is 0 Å². The lowest BCUT2D eigenvalue weighted by Gasteiger charge is -2.38. The van der Waals surface area contributed by atoms with Crippen molar-refractivity contribution in [3.63, 3.8) is 0 Å². The van der Waals surface area contributed by atoms with E-state index >= 15 is 0 Å². The summed E-state index contributed by atoms with van der Waals surface area (Å²) in [5.41, 5.74) is 7.48. The zero-order chi connectivity index (χ0) is 47.1. The van der Waals surface area contributed by atoms with Gasteiger partial charge in [0.1, 0.15) is 5.75 Å². The molecule has 2 unspecified atom stereocenters. The first kappa shape index (κ1) is 47.2. The third-order valence-corrected chi connectivity index (χ3v) is 11.6. The summed E-state index contributed by atoms with van der Waals surface area (Å²) in [5, 5.41) is 0.657. The van der Waals surface area contributed by atoms with E-state index in [1.165, 1.54) is 6.07 Å². The van der Waals surface area contributed by atoms with E-state index in [0.29, 0.717) is 77.9 Å². The molecule has 0 spiro atoms. The molecule has 2 atom stereocenters. The second kappa shape index (κ2) is 21.0. The maximum Gasteiger partial charge on any atom is 0.232 e. The lowest BCUT2D eigenvalue weighted by molar-refractivity contribution is -0.119. The molecule has 0 bridgehead atoms. The predicted molar refractivity (Wildman–Crippen MR) is 255 cm³/mol. The van der Waals surface area contributed by atoms with Crippen molar-refractivity contribution in [3.05, 3.63) is 165 Å². The van der Waals surface area contributed by atoms with Gasteiger partial charge in [-0.2, -0.15) is 0 Å². The third kappa shape index (κ3) is 10.0. The molecule has 8 rings (SSSR count). The van der Waals surface area contributed by atoms with Crippen LogP contribution < -0.4 is 38.4 Å². The maximum absolute atomic E-state index is 14.3. The van der Waals surface area contributed by atoms with Crippen molar-refractivity contribution >= 4 is 40.5 Å². The van der Waals surface area contributed by atoms with Gasteiger partial charge in [0, 0.05) is 36.2 Å². The number of hydrogen-bond acceptors (Lipinski definition) is 8. The molecule has 0 saturated carbocycles. The van der Waals surface area contributed by atoms with Crippen LogP contribution in [-0.4, -0.2) is 59.4 Å². The monoisotopic (exact) mass is 917 g/mol. The number of nitrogens with zero attached hydrogens (tertiary/aromatic N) is 3. The smallest absolute Gasteiger partial charge is 0.232 e. The van der Waals surface area contributed by atoms with Crippen LogP contribution in [0.4, 0.5) is 25.8 Å². The van der Waals surface area contributed by atoms with E-state index in [1.54, 1.807) is 42.3 Å². The van der Waals surface area contributed by atoms with Crippen LogP contribution in [0.5, 0.6) is 28.7 Å². The van der Waals surface area contributed by atoms with Gasteiger partial charge in [0.2, 0.25) is 11.8 Å². The number of amides is 2. The Morgan fingerprint density at radius 2 is 0.985 bits per heavy atom. The molecule has 66 heavy (non-hydrogen) atoms. The van der Waals surface area contributed by atoms with E-state index in [4.69, 9.17) is 35.3 Å². The minimum atomic E-state index is -0.974. The lowest BCUT2D eigenvalue weighted by atomic mass is 9.86. The molecule has 0 aliphatic carbocycles. The Hall–Kier alpha value is -6.79. The van der Waals surface area contributed by atoms with Crippen LogP contribution in [0, 0.1) is 11.6 Å². The van der Waals surface area contributed by atoms with Crippen LogP contribution in [0.3, 0.4) is 0 Å². The molecule has 10 nitrogen and oxygen atoms in total. The summed E-state index contributed by atoms with van der Waals surface area (Å²) in [6.45, 7) is 9.55. The molecule has 2 amide bonds. The summed E-state index contributed by atoms with van der Waals surface area (Å²) in [6, 6.07) is 33.1. The Morgan fingerprint density at radius 3 is 1.41 bits per heavy atom. The lowest BCUT2D eigenvalue weighted by Crippen LogP contribution is -2.41. The maximum atomic E-state index is 14.3. The predicted octanol–water partition coefficient (Wildman–Crippen LogP) is 11.3. The summed E-state index contributed by atoms with van der Waals surface area (Å²) >= 11 is 6.18. The number of rotatable bonds is 14. The average molecular weight is 918 g/mol. The van der Waals surface area contributed by atoms with Gasteiger partial charge >= 0.3 is 0 Å². The quantitative estimate of drug-likeness (QED) is 0.107. The Kier molecular flexibility index (Phi) is 15.0. The van der Waals surface area contributed by atoms with E-state index in [9.17, 15) is 18.4 Å². The third-order valence-electron chi connectivity index (χ3n) is 11.4. The molecule has 0 fully saturated rings. The van der Waals surface area contributed by atoms with Crippen molar-refractivity contribution in [2.24, 2.45) is 0 Å². The summed E-state index contributed by atoms with van der Waals surface area (Å²) < 4.78 is 56.5. The first-order valence-electron chi connectivity index (χ1n) is 22.0. The normalized spacial score (nSPS) is 15.2. The van der Waals surface area contributed by atoms with E-state index in [2.05, 4.69) is 0 Å². The van der Waals surface area contributed by atoms with E-state index in [0.717, 1.165) is 51.3 Å². The largest absolute Gasteiger partial charge is 0.497 e. The second-order valence-electron chi connectivity index (χ2n) is 15.7. The van der Waals surface area contributed by atoms with Crippen molar-refractivity contribution in [2.45, 2.75) is 52.6 Å². The van der Waals surface area contributed by atoms with Crippen LogP contribution in [0.15, 0.2) is 115 Å². The molecule has 2 aliphatic heterocycles. The van der Waals surface area contributed by atoms with Crippen molar-refractivity contribution in [3.8, 4) is 28.7 Å². The Balaban J connectivity index is 0.000000196. The minimum Gasteiger partial charge on any atom is -0.497 e. The summed E-state index contributed by atoms with van der Waals surface area (Å²) in [5.74, 6) is 1.03. The van der Waals surface area contributed by atoms with Gasteiger partial charge in [-0.1, -0.05) is 29.8 Å². The molecule has 6 aromatic rings. The number of methoxy groups -OCH3 is 1. The van der Waals surface area contributed by atoms with Crippen molar-refractivity contribution < 1.29 is 42.1 Å². The fourth-order valence-corrected chi connectivity index (χ4v) is 8.54. The number of hydrogen-bond donors (Lipinski definition) is 0. The molecule has 0 radical (unpaired) electrons. The van der Waals surface area contributed by atoms with E-state index in [1.807, 2.05) is 118 Å². The van der Waals surface area contributed by atoms with E-state index < -0.39 is 17.7 Å². The van der Waals surface area contributed by atoms with Gasteiger partial charge in [-0.15, -0.1) is 0 Å². The van der Waals surface area contributed by atoms with E-state index in [-0.39, 0.29) is 24.3 Å². The van der Waals surface area contributed by atoms with Crippen LogP contribution in [0.1, 0.15) is 73.2 Å². The van der Waals surface area contributed by atoms with Crippen LogP contribution in [0.2, 0.25) is 5.02 Å². The fourth-order valence-electron chi connectivity index (χ4n) is 8.41. The number of benzene rings is 6. The van der Waals surface area contributed by atoms with Crippen molar-refractivity contribution in [2.75, 3.05) is 62.3 Å². The van der Waals surface area contributed by atoms with Gasteiger partial charge in [0.15, 0.2) is 34.6 Å². The zero-order valence-electron chi connectivity index (χ0n) is 38.2. The zero-order valence-corrected chi connectivity index (χ0v) is 39.0. The molecule has 13 heteroatoms. The highest BCUT2D eigenvalue weighted by molar-refractivity contribution is 6.30. The fraction of sp³-hybridized carbons (Fsp3) is 0.283. The SMILES string of the molecule is CCOc1cc2c(cc1OCC)C(c1ccc(Cl)cc1)N(c1ccc(N(C)C)cc1)C(=O)C2.CCOc1cc2c(cc1OCC)C(c1ccc(F)c(F)c1)N(c1ccc(OC)cc1)C(=O)C2. The van der Waals surface area contributed by atoms with Crippen molar-refractivity contribution in [1.82, 2.24) is 0 Å². The van der Waals surface area contributed by atoms with Gasteiger partial charge < -0.3 is 38.4 Å². The highest BCUT2D eigenvalue weighted by Crippen LogP contribution is 2.46. The summed E-state index contributed by atoms with van der Waals surface area (Å²) in [6.07, 6.45) is 0.426. The van der Waals surface area contributed by atoms with Crippen LogP contribution >= 0.6 is 11.6 Å². The molecule has 6 aromatic carbocycles. The molecule has 2 heterocycles. The van der Waals surface area contributed by atoms with Crippen LogP contribution in [-0.2, 0) is 22.4 Å². The first-order valence-corrected chi connectivity index (χ1v) is 22.4. The minimum absolute atomic E-state index is 0.0339. The Labute approximate surface area is 390 Å². The van der Waals surface area contributed by atoms with Crippen molar-refractivity contribution in [1.29, 1.82) is 0 Å². The highest BCUT2D eigenvalue weighted by Gasteiger charge is 2.38. The molecular weight excluding hydrogens is 864 g/mol. The second-order valence-corrected chi connectivity index (χ2v) is 16.2. The van der Waals surface area contributed by atoms with Crippen LogP contribution in [0.25, 0.3) is 0 Å². The molecule has 0 N–H and O–H groups in total. The number of carbonyl (C=O) groups excluding carboxylic acids is 2. The van der Waals surface area contributed by atoms with Gasteiger partial charge in [-0.3, -0.25) is 9.59 Å². The summed E-state index contributed by atoms with van der Waals surface area (Å²) in [7, 11) is 5.56.